The van der Waals surface area contributed by atoms with Gasteiger partial charge >= 0.3 is 36.5 Å². The van der Waals surface area contributed by atoms with E-state index in [1.807, 2.05) is 0 Å². The van der Waals surface area contributed by atoms with Crippen LogP contribution in [0.1, 0.15) is 0 Å². The Kier molecular flexibility index (Phi) is 2.59. The van der Waals surface area contributed by atoms with Crippen molar-refractivity contribution in [3.05, 3.63) is 5.21 Å². The lowest BCUT2D eigenvalue weighted by Crippen LogP contribution is -3.17. The van der Waals surface area contributed by atoms with Crippen LogP contribution in [0, 0.1) is 5.21 Å². The Labute approximate surface area is 89.5 Å². The minimum absolute atomic E-state index is 3.63. The first-order valence-corrected chi connectivity index (χ1v) is 6.29. The van der Waals surface area contributed by atoms with Crippen molar-refractivity contribution in [2.45, 2.75) is 16.4 Å². The smallest absolute Gasteiger partial charge is 0.466 e. The summed E-state index contributed by atoms with van der Waals surface area (Å²) in [6.45, 7) is 0. The molecule has 102 valence electrons. The zero-order valence-corrected chi connectivity index (χ0v) is 8.76. The molecule has 1 saturated heterocycles. The van der Waals surface area contributed by atoms with Crippen LogP contribution in [0.2, 0.25) is 0 Å². The standard InChI is InChI=1S/C3HF6NO5S2/c4-1(5)2(6,7)16(12,13)10(11)17(14,15)3(1,8)9/h10H. The third kappa shape index (κ3) is 1.23. The minimum atomic E-state index is -6.92. The summed E-state index contributed by atoms with van der Waals surface area (Å²) < 4.78 is 113. The highest BCUT2D eigenvalue weighted by atomic mass is 32.3. The topological polar surface area (TPSA) is 95.8 Å². The highest BCUT2D eigenvalue weighted by Gasteiger charge is 2.90. The summed E-state index contributed by atoms with van der Waals surface area (Å²) in [5.74, 6) is -6.74. The van der Waals surface area contributed by atoms with Gasteiger partial charge in [0.05, 0.1) is 0 Å². The van der Waals surface area contributed by atoms with Gasteiger partial charge in [0, 0.05) is 0 Å². The summed E-state index contributed by atoms with van der Waals surface area (Å²) in [7, 11) is -13.8. The van der Waals surface area contributed by atoms with Gasteiger partial charge in [-0.25, -0.2) is 0 Å². The summed E-state index contributed by atoms with van der Waals surface area (Å²) in [6, 6.07) is 0. The van der Waals surface area contributed by atoms with Crippen molar-refractivity contribution in [3.63, 3.8) is 0 Å². The molecule has 1 aliphatic rings. The summed E-state index contributed by atoms with van der Waals surface area (Å²) >= 11 is 0. The molecule has 0 atom stereocenters. The lowest BCUT2D eigenvalue weighted by molar-refractivity contribution is -0.569. The van der Waals surface area contributed by atoms with Crippen molar-refractivity contribution < 1.29 is 47.1 Å². The first-order chi connectivity index (χ1) is 7.15. The first kappa shape index (κ1) is 14.5. The predicted molar refractivity (Wildman–Crippen MR) is 37.0 cm³/mol. The van der Waals surface area contributed by atoms with Gasteiger partial charge in [-0.1, -0.05) is 0 Å². The van der Waals surface area contributed by atoms with Crippen molar-refractivity contribution >= 4 is 20.0 Å². The van der Waals surface area contributed by atoms with Crippen LogP contribution >= 0.6 is 0 Å². The molecule has 0 aromatic heterocycles. The van der Waals surface area contributed by atoms with E-state index in [0.717, 1.165) is 0 Å². The molecule has 0 bridgehead atoms. The molecule has 0 saturated carbocycles. The third-order valence-corrected chi connectivity index (χ3v) is 5.90. The molecule has 14 heteroatoms. The maximum Gasteiger partial charge on any atom is 0.466 e. The number of alkyl halides is 6. The van der Waals surface area contributed by atoms with Gasteiger partial charge in [-0.2, -0.15) is 43.2 Å². The highest BCUT2D eigenvalue weighted by Crippen LogP contribution is 2.51. The Balaban J connectivity index is 3.82. The van der Waals surface area contributed by atoms with Gasteiger partial charge in [-0.15, -0.1) is 3.87 Å². The Hall–Kier alpha value is -0.600. The largest absolute Gasteiger partial charge is 0.602 e. The normalized spacial score (nSPS) is 33.1. The number of rotatable bonds is 0. The fourth-order valence-corrected chi connectivity index (χ4v) is 4.06. The van der Waals surface area contributed by atoms with Gasteiger partial charge in [0.1, 0.15) is 0 Å². The number of quaternary nitrogens is 1. The van der Waals surface area contributed by atoms with Crippen molar-refractivity contribution in [1.29, 1.82) is 0 Å². The summed E-state index contributed by atoms with van der Waals surface area (Å²) in [4.78, 5) is 0. The molecule has 0 aliphatic carbocycles. The molecule has 1 rings (SSSR count). The van der Waals surface area contributed by atoms with E-state index in [-0.39, 0.29) is 0 Å². The summed E-state index contributed by atoms with van der Waals surface area (Å²) in [5, 5.41) is -2.60. The van der Waals surface area contributed by atoms with E-state index in [1.54, 1.807) is 0 Å². The van der Waals surface area contributed by atoms with Gasteiger partial charge in [-0.05, 0) is 0 Å². The maximum atomic E-state index is 12.5. The second kappa shape index (κ2) is 3.04. The van der Waals surface area contributed by atoms with Crippen LogP contribution in [0.4, 0.5) is 26.3 Å². The molecule has 0 radical (unpaired) electrons. The molecular formula is C3HF6NO5S2. The van der Waals surface area contributed by atoms with Crippen LogP contribution in [0.25, 0.3) is 0 Å². The number of sulfonamides is 2. The molecule has 6 nitrogen and oxygen atoms in total. The molecule has 1 aliphatic heterocycles. The van der Waals surface area contributed by atoms with Crippen LogP contribution in [0.5, 0.6) is 0 Å². The van der Waals surface area contributed by atoms with E-state index < -0.39 is 40.4 Å². The highest BCUT2D eigenvalue weighted by molar-refractivity contribution is 7.98. The summed E-state index contributed by atoms with van der Waals surface area (Å²) in [6.07, 6.45) is 0. The molecule has 0 amide bonds. The average molecular weight is 309 g/mol. The van der Waals surface area contributed by atoms with Crippen molar-refractivity contribution in [1.82, 2.24) is 0 Å². The molecular weight excluding hydrogens is 308 g/mol. The van der Waals surface area contributed by atoms with E-state index >= 15 is 0 Å². The Morgan fingerprint density at radius 3 is 1.24 bits per heavy atom. The van der Waals surface area contributed by atoms with E-state index in [9.17, 15) is 48.4 Å². The molecule has 1 N–H and O–H groups in total. The van der Waals surface area contributed by atoms with Crippen molar-refractivity contribution in [3.8, 4) is 0 Å². The minimum Gasteiger partial charge on any atom is -0.602 e. The van der Waals surface area contributed by atoms with Crippen LogP contribution < -0.4 is 3.87 Å². The van der Waals surface area contributed by atoms with Gasteiger partial charge in [0.15, 0.2) is 0 Å². The zero-order chi connectivity index (χ0) is 14.1. The summed E-state index contributed by atoms with van der Waals surface area (Å²) in [5.41, 5.74) is 0. The number of hydrogen-bond acceptors (Lipinski definition) is 5. The van der Waals surface area contributed by atoms with Crippen LogP contribution in [-0.2, 0) is 20.0 Å². The van der Waals surface area contributed by atoms with E-state index in [1.165, 1.54) is 0 Å². The monoisotopic (exact) mass is 309 g/mol. The Morgan fingerprint density at radius 2 is 1.00 bits per heavy atom. The van der Waals surface area contributed by atoms with Gasteiger partial charge in [0.2, 0.25) is 0 Å². The van der Waals surface area contributed by atoms with Gasteiger partial charge in [0.25, 0.3) is 0 Å². The van der Waals surface area contributed by atoms with Crippen LogP contribution in [-0.4, -0.2) is 33.3 Å². The quantitative estimate of drug-likeness (QED) is 0.451. The first-order valence-electron chi connectivity index (χ1n) is 3.32. The van der Waals surface area contributed by atoms with Crippen LogP contribution in [0.3, 0.4) is 0 Å². The SMILES string of the molecule is O=S1(=O)[NH+]([O-])S(=O)(=O)C(F)(F)C(F)(F)C1(F)F. The maximum absolute atomic E-state index is 12.5. The van der Waals surface area contributed by atoms with Crippen LogP contribution in [0.15, 0.2) is 0 Å². The van der Waals surface area contributed by atoms with Gasteiger partial charge < -0.3 is 5.21 Å². The number of hydrogen-bond donors (Lipinski definition) is 1. The van der Waals surface area contributed by atoms with Crippen molar-refractivity contribution in [2.24, 2.45) is 0 Å². The Morgan fingerprint density at radius 1 is 0.765 bits per heavy atom. The average Bonchev–Trinajstić information content (AvgIpc) is 2.13. The molecule has 1 fully saturated rings. The molecule has 0 unspecified atom stereocenters. The number of nitrogens with one attached hydrogen (secondary N) is 1. The van der Waals surface area contributed by atoms with E-state index in [2.05, 4.69) is 0 Å². The lowest BCUT2D eigenvalue weighted by Gasteiger charge is -2.38. The second-order valence-electron chi connectivity index (χ2n) is 2.86. The lowest BCUT2D eigenvalue weighted by atomic mass is 10.3. The molecule has 1 heterocycles. The third-order valence-electron chi connectivity index (χ3n) is 1.84. The van der Waals surface area contributed by atoms with Gasteiger partial charge in [-0.3, -0.25) is 0 Å². The Bertz CT molecular complexity index is 502. The van der Waals surface area contributed by atoms with E-state index in [4.69, 9.17) is 0 Å². The molecule has 0 aromatic rings. The number of halogens is 6. The fraction of sp³-hybridized carbons (Fsp3) is 1.00. The molecule has 0 spiro atoms. The zero-order valence-electron chi connectivity index (χ0n) is 7.13. The van der Waals surface area contributed by atoms with Crippen molar-refractivity contribution in [2.75, 3.05) is 0 Å². The fourth-order valence-electron chi connectivity index (χ4n) is 0.861. The predicted octanol–water partition coefficient (Wildman–Crippen LogP) is -1.14. The molecule has 0 aromatic carbocycles. The molecule has 17 heavy (non-hydrogen) atoms. The second-order valence-corrected chi connectivity index (χ2v) is 6.90. The van der Waals surface area contributed by atoms with E-state index in [0.29, 0.717) is 0 Å².